The lowest BCUT2D eigenvalue weighted by Gasteiger charge is -2.12. The molecule has 0 radical (unpaired) electrons. The van der Waals surface area contributed by atoms with Crippen molar-refractivity contribution in [3.63, 3.8) is 0 Å². The van der Waals surface area contributed by atoms with Crippen molar-refractivity contribution in [1.82, 2.24) is 16.4 Å². The first-order valence-electron chi connectivity index (χ1n) is 6.24. The zero-order valence-electron chi connectivity index (χ0n) is 9.80. The van der Waals surface area contributed by atoms with Crippen LogP contribution in [0.4, 0.5) is 0 Å². The van der Waals surface area contributed by atoms with Crippen molar-refractivity contribution in [2.75, 3.05) is 13.1 Å². The fourth-order valence-corrected chi connectivity index (χ4v) is 1.96. The van der Waals surface area contributed by atoms with Crippen molar-refractivity contribution in [3.8, 4) is 0 Å². The van der Waals surface area contributed by atoms with Crippen LogP contribution < -0.4 is 16.4 Å². The molecular weight excluding hydrogens is 206 g/mol. The first-order chi connectivity index (χ1) is 7.80. The summed E-state index contributed by atoms with van der Waals surface area (Å²) in [6.45, 7) is 1.64. The van der Waals surface area contributed by atoms with Gasteiger partial charge in [0.1, 0.15) is 0 Å². The van der Waals surface area contributed by atoms with E-state index in [4.69, 9.17) is 5.11 Å². The Morgan fingerprint density at radius 2 is 1.62 bits per heavy atom. The second kappa shape index (κ2) is 8.50. The van der Waals surface area contributed by atoms with Crippen LogP contribution in [0.2, 0.25) is 0 Å². The van der Waals surface area contributed by atoms with Gasteiger partial charge >= 0.3 is 5.97 Å². The number of aliphatic carboxylic acids is 1. The Morgan fingerprint density at radius 3 is 2.44 bits per heavy atom. The van der Waals surface area contributed by atoms with Crippen LogP contribution in [-0.4, -0.2) is 24.2 Å². The molecule has 0 spiro atoms. The molecule has 1 unspecified atom stereocenters. The van der Waals surface area contributed by atoms with Crippen molar-refractivity contribution in [2.24, 2.45) is 5.92 Å². The van der Waals surface area contributed by atoms with Crippen LogP contribution in [0.25, 0.3) is 0 Å². The Labute approximate surface area is 96.9 Å². The molecule has 1 saturated heterocycles. The van der Waals surface area contributed by atoms with E-state index in [1.165, 1.54) is 12.8 Å². The third kappa shape index (κ3) is 6.05. The van der Waals surface area contributed by atoms with Gasteiger partial charge in [-0.1, -0.05) is 25.7 Å². The molecule has 1 atom stereocenters. The number of carboxylic acid groups (broad SMARTS) is 1. The predicted molar refractivity (Wildman–Crippen MR) is 62.6 cm³/mol. The van der Waals surface area contributed by atoms with Crippen LogP contribution >= 0.6 is 0 Å². The van der Waals surface area contributed by atoms with Gasteiger partial charge < -0.3 is 5.11 Å². The minimum Gasteiger partial charge on any atom is -0.481 e. The number of carbonyl (C=O) groups is 1. The number of carboxylic acids is 1. The molecule has 1 fully saturated rings. The molecule has 0 bridgehead atoms. The number of hydrazine groups is 2. The largest absolute Gasteiger partial charge is 0.481 e. The normalized spacial score (nSPS) is 26.1. The summed E-state index contributed by atoms with van der Waals surface area (Å²) in [5.41, 5.74) is 8.93. The molecule has 5 heteroatoms. The Balaban J connectivity index is 2.29. The Kier molecular flexibility index (Phi) is 7.12. The van der Waals surface area contributed by atoms with Crippen molar-refractivity contribution in [3.05, 3.63) is 0 Å². The molecular formula is C11H23N3O2. The standard InChI is InChI=1S/C11H23N3O2/c15-11(16)10-6-4-2-1-3-5-8-12-14-13-9-7-10/h10,12-14H,1-9H2,(H,15,16). The Bertz CT molecular complexity index is 186. The molecule has 0 aliphatic carbocycles. The van der Waals surface area contributed by atoms with Gasteiger partial charge in [-0.15, -0.1) is 0 Å². The molecule has 0 aromatic heterocycles. The second-order valence-electron chi connectivity index (χ2n) is 4.36. The smallest absolute Gasteiger partial charge is 0.306 e. The number of nitrogens with one attached hydrogen (secondary N) is 3. The fourth-order valence-electron chi connectivity index (χ4n) is 1.96. The van der Waals surface area contributed by atoms with E-state index in [1.807, 2.05) is 0 Å². The van der Waals surface area contributed by atoms with Gasteiger partial charge in [-0.3, -0.25) is 4.79 Å². The van der Waals surface area contributed by atoms with E-state index in [1.54, 1.807) is 0 Å². The summed E-state index contributed by atoms with van der Waals surface area (Å²) >= 11 is 0. The Morgan fingerprint density at radius 1 is 0.938 bits per heavy atom. The Hall–Kier alpha value is -0.650. The summed E-state index contributed by atoms with van der Waals surface area (Å²) < 4.78 is 0. The number of rotatable bonds is 1. The number of hydrogen-bond acceptors (Lipinski definition) is 4. The van der Waals surface area contributed by atoms with Gasteiger partial charge in [-0.05, 0) is 19.3 Å². The molecule has 0 saturated carbocycles. The zero-order chi connectivity index (χ0) is 11.6. The van der Waals surface area contributed by atoms with Crippen molar-refractivity contribution >= 4 is 5.97 Å². The lowest BCUT2D eigenvalue weighted by Crippen LogP contribution is -2.44. The highest BCUT2D eigenvalue weighted by molar-refractivity contribution is 5.69. The van der Waals surface area contributed by atoms with Crippen LogP contribution in [-0.2, 0) is 4.79 Å². The van der Waals surface area contributed by atoms with Gasteiger partial charge in [0.15, 0.2) is 0 Å². The first kappa shape index (κ1) is 13.4. The molecule has 4 N–H and O–H groups in total. The summed E-state index contributed by atoms with van der Waals surface area (Å²) in [6, 6.07) is 0. The summed E-state index contributed by atoms with van der Waals surface area (Å²) in [6.07, 6.45) is 7.28. The summed E-state index contributed by atoms with van der Waals surface area (Å²) in [5.74, 6) is -0.861. The van der Waals surface area contributed by atoms with E-state index in [2.05, 4.69) is 16.4 Å². The van der Waals surface area contributed by atoms with Crippen LogP contribution in [0.3, 0.4) is 0 Å². The van der Waals surface area contributed by atoms with E-state index in [0.717, 1.165) is 32.2 Å². The monoisotopic (exact) mass is 229 g/mol. The minimum atomic E-state index is -0.662. The molecule has 94 valence electrons. The van der Waals surface area contributed by atoms with Crippen molar-refractivity contribution in [1.29, 1.82) is 0 Å². The average Bonchev–Trinajstić information content (AvgIpc) is 2.28. The van der Waals surface area contributed by atoms with Gasteiger partial charge in [-0.25, -0.2) is 10.9 Å². The maximum absolute atomic E-state index is 11.0. The summed E-state index contributed by atoms with van der Waals surface area (Å²) in [5, 5.41) is 9.03. The van der Waals surface area contributed by atoms with Crippen LogP contribution in [0.5, 0.6) is 0 Å². The fraction of sp³-hybridized carbons (Fsp3) is 0.909. The maximum Gasteiger partial charge on any atom is 0.306 e. The van der Waals surface area contributed by atoms with E-state index in [9.17, 15) is 4.79 Å². The highest BCUT2D eigenvalue weighted by atomic mass is 16.4. The molecule has 1 aliphatic heterocycles. The van der Waals surface area contributed by atoms with Crippen molar-refractivity contribution < 1.29 is 9.90 Å². The molecule has 0 amide bonds. The predicted octanol–water partition coefficient (Wildman–Crippen LogP) is 1.03. The molecule has 5 nitrogen and oxygen atoms in total. The zero-order valence-corrected chi connectivity index (χ0v) is 9.80. The first-order valence-corrected chi connectivity index (χ1v) is 6.24. The van der Waals surface area contributed by atoms with Gasteiger partial charge in [0, 0.05) is 13.1 Å². The summed E-state index contributed by atoms with van der Waals surface area (Å²) in [4.78, 5) is 11.0. The molecule has 16 heavy (non-hydrogen) atoms. The molecule has 0 aromatic rings. The SMILES string of the molecule is O=C(O)C1CCCCCCCNNNCC1. The summed E-state index contributed by atoms with van der Waals surface area (Å²) in [7, 11) is 0. The second-order valence-corrected chi connectivity index (χ2v) is 4.36. The van der Waals surface area contributed by atoms with Gasteiger partial charge in [-0.2, -0.15) is 5.53 Å². The molecule has 1 rings (SSSR count). The third-order valence-corrected chi connectivity index (χ3v) is 3.00. The lowest BCUT2D eigenvalue weighted by molar-refractivity contribution is -0.142. The van der Waals surface area contributed by atoms with Crippen LogP contribution in [0, 0.1) is 5.92 Å². The quantitative estimate of drug-likeness (QED) is 0.540. The van der Waals surface area contributed by atoms with E-state index in [-0.39, 0.29) is 5.92 Å². The number of hydrogen-bond donors (Lipinski definition) is 4. The maximum atomic E-state index is 11.0. The lowest BCUT2D eigenvalue weighted by atomic mass is 9.97. The van der Waals surface area contributed by atoms with Crippen molar-refractivity contribution in [2.45, 2.75) is 44.9 Å². The topological polar surface area (TPSA) is 73.4 Å². The third-order valence-electron chi connectivity index (χ3n) is 3.00. The molecule has 1 aliphatic rings. The van der Waals surface area contributed by atoms with Gasteiger partial charge in [0.05, 0.1) is 5.92 Å². The average molecular weight is 229 g/mol. The van der Waals surface area contributed by atoms with E-state index < -0.39 is 5.97 Å². The van der Waals surface area contributed by atoms with Crippen LogP contribution in [0.1, 0.15) is 44.9 Å². The molecule has 0 aromatic carbocycles. The van der Waals surface area contributed by atoms with Crippen LogP contribution in [0.15, 0.2) is 0 Å². The van der Waals surface area contributed by atoms with E-state index in [0.29, 0.717) is 13.0 Å². The minimum absolute atomic E-state index is 0.199. The molecule has 1 heterocycles. The van der Waals surface area contributed by atoms with Gasteiger partial charge in [0.25, 0.3) is 0 Å². The highest BCUT2D eigenvalue weighted by Crippen LogP contribution is 2.15. The van der Waals surface area contributed by atoms with Gasteiger partial charge in [0.2, 0.25) is 0 Å². The van der Waals surface area contributed by atoms with E-state index >= 15 is 0 Å². The highest BCUT2D eigenvalue weighted by Gasteiger charge is 2.16.